The van der Waals surface area contributed by atoms with Gasteiger partial charge in [-0.3, -0.25) is 0 Å². The zero-order chi connectivity index (χ0) is 99.1. The van der Waals surface area contributed by atoms with E-state index in [0.29, 0.717) is 52.4 Å². The molecular formula is C135H81N9S6. The Balaban J connectivity index is 0.000000108. The minimum absolute atomic E-state index is 0.649. The number of hydrogen-bond acceptors (Lipinski definition) is 15. The highest BCUT2D eigenvalue weighted by Gasteiger charge is 2.23. The third-order valence-corrected chi connectivity index (χ3v) is 35.2. The van der Waals surface area contributed by atoms with Crippen molar-refractivity contribution < 1.29 is 0 Å². The zero-order valence-electron chi connectivity index (χ0n) is 80.2. The van der Waals surface area contributed by atoms with E-state index in [4.69, 9.17) is 44.9 Å². The average molecular weight is 2020 g/mol. The summed E-state index contributed by atoms with van der Waals surface area (Å²) in [6, 6.07) is 174. The lowest BCUT2D eigenvalue weighted by Crippen LogP contribution is -2.00. The fourth-order valence-electron chi connectivity index (χ4n) is 20.5. The topological polar surface area (TPSA) is 116 Å². The quantitative estimate of drug-likeness (QED) is 0.0989. The molecule has 9 nitrogen and oxygen atoms in total. The Morgan fingerprint density at radius 3 is 0.553 bits per heavy atom. The zero-order valence-corrected chi connectivity index (χ0v) is 85.1. The van der Waals surface area contributed by atoms with Gasteiger partial charge in [0.2, 0.25) is 0 Å². The van der Waals surface area contributed by atoms with Gasteiger partial charge in [-0.1, -0.05) is 413 Å². The van der Waals surface area contributed by atoms with Crippen molar-refractivity contribution in [2.45, 2.75) is 0 Å². The molecule has 30 rings (SSSR count). The van der Waals surface area contributed by atoms with Gasteiger partial charge in [0.25, 0.3) is 0 Å². The third-order valence-electron chi connectivity index (χ3n) is 28.1. The van der Waals surface area contributed by atoms with Gasteiger partial charge in [0, 0.05) is 171 Å². The van der Waals surface area contributed by atoms with E-state index in [-0.39, 0.29) is 0 Å². The Kier molecular flexibility index (Phi) is 22.9. The molecule has 0 spiro atoms. The molecule has 0 amide bonds. The molecule has 15 heteroatoms. The number of rotatable bonds is 15. The van der Waals surface area contributed by atoms with Gasteiger partial charge >= 0.3 is 0 Å². The van der Waals surface area contributed by atoms with Crippen molar-refractivity contribution in [3.05, 3.63) is 491 Å². The van der Waals surface area contributed by atoms with Crippen LogP contribution in [0.4, 0.5) is 0 Å². The molecule has 9 heterocycles. The molecule has 9 aromatic heterocycles. The summed E-state index contributed by atoms with van der Waals surface area (Å²) < 4.78 is 15.7. The van der Waals surface area contributed by atoms with E-state index in [1.165, 1.54) is 171 Å². The van der Waals surface area contributed by atoms with Crippen LogP contribution in [-0.2, 0) is 0 Å². The Bertz CT molecular complexity index is 10300. The molecule has 0 radical (unpaired) electrons. The smallest absolute Gasteiger partial charge is 0.164 e. The van der Waals surface area contributed by atoms with E-state index < -0.39 is 0 Å². The van der Waals surface area contributed by atoms with Gasteiger partial charge in [-0.25, -0.2) is 44.9 Å². The molecular weight excluding hydrogens is 1940 g/mol. The van der Waals surface area contributed by atoms with Gasteiger partial charge in [-0.15, -0.1) is 68.0 Å². The molecule has 0 unspecified atom stereocenters. The van der Waals surface area contributed by atoms with E-state index in [1.54, 1.807) is 0 Å². The number of hydrogen-bond donors (Lipinski definition) is 0. The van der Waals surface area contributed by atoms with Crippen LogP contribution in [0, 0.1) is 0 Å². The van der Waals surface area contributed by atoms with Gasteiger partial charge in [-0.05, 0) is 146 Å². The fraction of sp³-hybridized carbons (Fsp3) is 0. The van der Waals surface area contributed by atoms with Crippen molar-refractivity contribution in [3.63, 3.8) is 0 Å². The molecule has 702 valence electrons. The minimum Gasteiger partial charge on any atom is -0.208 e. The number of fused-ring (bicyclic) bond motifs is 18. The van der Waals surface area contributed by atoms with Crippen molar-refractivity contribution >= 4 is 189 Å². The first kappa shape index (κ1) is 89.6. The van der Waals surface area contributed by atoms with Crippen LogP contribution in [0.25, 0.3) is 290 Å². The lowest BCUT2D eigenvalue weighted by atomic mass is 10.0. The Labute approximate surface area is 886 Å². The van der Waals surface area contributed by atoms with Gasteiger partial charge in [0.05, 0.1) is 0 Å². The molecule has 0 saturated heterocycles. The van der Waals surface area contributed by atoms with Crippen molar-refractivity contribution in [1.29, 1.82) is 0 Å². The maximum Gasteiger partial charge on any atom is 0.164 e. The van der Waals surface area contributed by atoms with Crippen molar-refractivity contribution in [2.24, 2.45) is 0 Å². The molecule has 0 saturated carbocycles. The van der Waals surface area contributed by atoms with Crippen LogP contribution in [0.3, 0.4) is 0 Å². The summed E-state index contributed by atoms with van der Waals surface area (Å²) in [5, 5.41) is 15.6. The molecule has 0 aliphatic rings. The highest BCUT2D eigenvalue weighted by molar-refractivity contribution is 7.28. The summed E-state index contributed by atoms with van der Waals surface area (Å²) >= 11 is 11.1. The van der Waals surface area contributed by atoms with Crippen molar-refractivity contribution in [2.75, 3.05) is 0 Å². The van der Waals surface area contributed by atoms with Crippen LogP contribution in [0.5, 0.6) is 0 Å². The van der Waals surface area contributed by atoms with Crippen molar-refractivity contribution in [1.82, 2.24) is 44.9 Å². The first-order valence-electron chi connectivity index (χ1n) is 49.8. The summed E-state index contributed by atoms with van der Waals surface area (Å²) in [5.41, 5.74) is 22.8. The molecule has 150 heavy (non-hydrogen) atoms. The standard InChI is InChI=1S/3C45H27N3S2/c1-2-9-30(10-3-1)43-46-44(31-21-17-28(18-22-31)33-25-26-41-38(27-33)36-12-5-6-15-39(36)49-41)48-45(47-43)32-23-19-29(20-24-32)34-13-8-14-37-35-11-4-7-16-40(35)50-42(34)37;1-2-10-30(11-3-1)43-46-44(31-24-20-28(21-25-31)33-14-8-16-37-35-12-4-6-18-39(35)49-41(33)37)48-45(47-43)32-26-22-29(23-27-32)34-15-9-17-38-36-13-5-7-19-40(36)50-42(34)38;1-2-9-29(10-3-1)43-46-44(30-19-17-28(18-20-30)32-21-23-41-37(26-32)35-13-4-6-15-39(35)49-41)48-45(47-43)34-12-8-11-31(25-34)33-22-24-42-38(27-33)36-14-5-7-16-40(36)50-42/h3*1-27H. The Morgan fingerprint density at radius 2 is 0.273 bits per heavy atom. The summed E-state index contributed by atoms with van der Waals surface area (Å²) in [6.07, 6.45) is 0. The van der Waals surface area contributed by atoms with Crippen LogP contribution >= 0.6 is 68.0 Å². The maximum absolute atomic E-state index is 5.07. The van der Waals surface area contributed by atoms with E-state index in [1.807, 2.05) is 159 Å². The predicted octanol–water partition coefficient (Wildman–Crippen LogP) is 38.8. The van der Waals surface area contributed by atoms with Gasteiger partial charge in [0.15, 0.2) is 52.4 Å². The minimum atomic E-state index is 0.649. The van der Waals surface area contributed by atoms with Crippen LogP contribution in [0.1, 0.15) is 0 Å². The number of aromatic nitrogens is 9. The second-order valence-electron chi connectivity index (χ2n) is 37.3. The van der Waals surface area contributed by atoms with Crippen LogP contribution < -0.4 is 0 Å². The highest BCUT2D eigenvalue weighted by atomic mass is 32.1. The molecule has 0 N–H and O–H groups in total. The van der Waals surface area contributed by atoms with Crippen LogP contribution in [0.15, 0.2) is 491 Å². The summed E-state index contributed by atoms with van der Waals surface area (Å²) in [7, 11) is 0. The van der Waals surface area contributed by atoms with E-state index in [2.05, 4.69) is 400 Å². The van der Waals surface area contributed by atoms with Crippen molar-refractivity contribution in [3.8, 4) is 169 Å². The average Bonchev–Trinajstić information content (AvgIpc) is 1.61. The summed E-state index contributed by atoms with van der Waals surface area (Å²) in [6.45, 7) is 0. The Hall–Kier alpha value is -18.0. The van der Waals surface area contributed by atoms with Gasteiger partial charge in [-0.2, -0.15) is 0 Å². The monoisotopic (exact) mass is 2020 g/mol. The van der Waals surface area contributed by atoms with E-state index in [0.717, 1.165) is 66.8 Å². The first-order valence-corrected chi connectivity index (χ1v) is 54.7. The van der Waals surface area contributed by atoms with Gasteiger partial charge < -0.3 is 0 Å². The molecule has 0 aliphatic carbocycles. The highest BCUT2D eigenvalue weighted by Crippen LogP contribution is 2.48. The second-order valence-corrected chi connectivity index (χ2v) is 43.7. The molecule has 0 aliphatic heterocycles. The second kappa shape index (κ2) is 38.4. The Morgan fingerprint density at radius 1 is 0.100 bits per heavy atom. The summed E-state index contributed by atoms with van der Waals surface area (Å²) in [5.74, 6) is 5.87. The first-order chi connectivity index (χ1) is 74.2. The lowest BCUT2D eigenvalue weighted by molar-refractivity contribution is 1.07. The third kappa shape index (κ3) is 17.0. The number of thiophene rings is 6. The van der Waals surface area contributed by atoms with Gasteiger partial charge in [0.1, 0.15) is 0 Å². The maximum atomic E-state index is 5.07. The van der Waals surface area contributed by atoms with Crippen LogP contribution in [-0.4, -0.2) is 44.9 Å². The SMILES string of the molecule is c1ccc(-c2nc(-c3ccc(-c4ccc5sc6ccccc6c5c4)cc3)nc(-c3ccc(-c4cccc5c4sc4ccccc45)cc3)n2)cc1.c1ccc(-c2nc(-c3ccc(-c4ccc5sc6ccccc6c5c4)cc3)nc(-c3cccc(-c4ccc5sc6ccccc6c5c4)c3)n2)cc1.c1ccc(-c2nc(-c3ccc(-c4cccc5c4sc4ccccc45)cc3)nc(-c3ccc(-c4cccc5c4sc4ccccc45)cc3)n2)cc1. The molecule has 0 bridgehead atoms. The fourth-order valence-corrected chi connectivity index (χ4v) is 27.5. The molecule has 30 aromatic rings. The predicted molar refractivity (Wildman–Crippen MR) is 638 cm³/mol. The molecule has 0 fully saturated rings. The van der Waals surface area contributed by atoms with E-state index >= 15 is 0 Å². The van der Waals surface area contributed by atoms with Crippen LogP contribution in [0.2, 0.25) is 0 Å². The molecule has 0 atom stereocenters. The number of nitrogens with zero attached hydrogens (tertiary/aromatic N) is 9. The van der Waals surface area contributed by atoms with E-state index in [9.17, 15) is 0 Å². The molecule has 21 aromatic carbocycles. The normalized spacial score (nSPS) is 11.6. The summed E-state index contributed by atoms with van der Waals surface area (Å²) in [4.78, 5) is 45.1. The number of benzene rings is 21. The largest absolute Gasteiger partial charge is 0.208 e. The lowest BCUT2D eigenvalue weighted by Gasteiger charge is -2.10.